The Labute approximate surface area is 186 Å². The SMILES string of the molecule is COc1ccc(NC(=O)[C@@H]2c3ccccc3C(=O)N3CCc4ccccc4[C@@H]23)cc1OC. The molecule has 2 atom stereocenters. The minimum Gasteiger partial charge on any atom is -0.493 e. The van der Waals surface area contributed by atoms with Crippen LogP contribution in [0.2, 0.25) is 0 Å². The average molecular weight is 428 g/mol. The van der Waals surface area contributed by atoms with Crippen LogP contribution in [-0.4, -0.2) is 37.5 Å². The van der Waals surface area contributed by atoms with Gasteiger partial charge >= 0.3 is 0 Å². The van der Waals surface area contributed by atoms with E-state index in [0.29, 0.717) is 29.3 Å². The lowest BCUT2D eigenvalue weighted by molar-refractivity contribution is -0.119. The number of hydrogen-bond donors (Lipinski definition) is 1. The molecular weight excluding hydrogens is 404 g/mol. The van der Waals surface area contributed by atoms with Gasteiger partial charge in [-0.1, -0.05) is 42.5 Å². The number of nitrogens with zero attached hydrogens (tertiary/aromatic N) is 1. The smallest absolute Gasteiger partial charge is 0.254 e. The molecule has 3 aromatic rings. The van der Waals surface area contributed by atoms with Crippen LogP contribution in [0.3, 0.4) is 0 Å². The van der Waals surface area contributed by atoms with Crippen molar-refractivity contribution in [3.05, 3.63) is 89.0 Å². The zero-order valence-electron chi connectivity index (χ0n) is 18.0. The van der Waals surface area contributed by atoms with E-state index in [1.165, 1.54) is 5.56 Å². The van der Waals surface area contributed by atoms with E-state index in [2.05, 4.69) is 11.4 Å². The average Bonchev–Trinajstić information content (AvgIpc) is 2.84. The number of benzene rings is 3. The molecule has 0 saturated heterocycles. The lowest BCUT2D eigenvalue weighted by Gasteiger charge is -2.45. The Morgan fingerprint density at radius 2 is 1.66 bits per heavy atom. The van der Waals surface area contributed by atoms with Gasteiger partial charge in [0.1, 0.15) is 0 Å². The van der Waals surface area contributed by atoms with Crippen molar-refractivity contribution in [2.24, 2.45) is 0 Å². The van der Waals surface area contributed by atoms with Crippen LogP contribution in [0.25, 0.3) is 0 Å². The zero-order valence-corrected chi connectivity index (χ0v) is 18.0. The molecular formula is C26H24N2O4. The van der Waals surface area contributed by atoms with Crippen molar-refractivity contribution in [2.75, 3.05) is 26.1 Å². The molecule has 6 nitrogen and oxygen atoms in total. The second-order valence-electron chi connectivity index (χ2n) is 8.02. The summed E-state index contributed by atoms with van der Waals surface area (Å²) in [7, 11) is 3.13. The van der Waals surface area contributed by atoms with Gasteiger partial charge in [-0.2, -0.15) is 0 Å². The zero-order chi connectivity index (χ0) is 22.2. The topological polar surface area (TPSA) is 67.9 Å². The van der Waals surface area contributed by atoms with E-state index in [9.17, 15) is 9.59 Å². The van der Waals surface area contributed by atoms with E-state index >= 15 is 0 Å². The number of nitrogens with one attached hydrogen (secondary N) is 1. The molecule has 5 rings (SSSR count). The van der Waals surface area contributed by atoms with Gasteiger partial charge in [0.2, 0.25) is 5.91 Å². The van der Waals surface area contributed by atoms with E-state index in [4.69, 9.17) is 9.47 Å². The summed E-state index contributed by atoms with van der Waals surface area (Å²) in [6.07, 6.45) is 0.782. The molecule has 2 amide bonds. The van der Waals surface area contributed by atoms with Crippen molar-refractivity contribution in [1.29, 1.82) is 0 Å². The third-order valence-electron chi connectivity index (χ3n) is 6.37. The predicted molar refractivity (Wildman–Crippen MR) is 121 cm³/mol. The molecule has 162 valence electrons. The molecule has 0 fully saturated rings. The van der Waals surface area contributed by atoms with Crippen molar-refractivity contribution in [3.8, 4) is 11.5 Å². The number of ether oxygens (including phenoxy) is 2. The lowest BCUT2D eigenvalue weighted by atomic mass is 9.76. The highest BCUT2D eigenvalue weighted by molar-refractivity contribution is 6.04. The fourth-order valence-corrected chi connectivity index (χ4v) is 4.89. The maximum Gasteiger partial charge on any atom is 0.254 e. The molecule has 0 spiro atoms. The number of rotatable bonds is 4. The first-order valence-electron chi connectivity index (χ1n) is 10.6. The second-order valence-corrected chi connectivity index (χ2v) is 8.02. The molecule has 0 saturated carbocycles. The van der Waals surface area contributed by atoms with E-state index in [0.717, 1.165) is 17.5 Å². The Bertz CT molecular complexity index is 1210. The maximum atomic E-state index is 13.7. The third kappa shape index (κ3) is 3.19. The highest BCUT2D eigenvalue weighted by atomic mass is 16.5. The molecule has 0 radical (unpaired) electrons. The number of carbonyl (C=O) groups excluding carboxylic acids is 2. The third-order valence-corrected chi connectivity index (χ3v) is 6.37. The predicted octanol–water partition coefficient (Wildman–Crippen LogP) is 4.18. The van der Waals surface area contributed by atoms with E-state index in [-0.39, 0.29) is 17.9 Å². The summed E-state index contributed by atoms with van der Waals surface area (Å²) in [6.45, 7) is 0.592. The quantitative estimate of drug-likeness (QED) is 0.677. The minimum atomic E-state index is -0.529. The molecule has 0 unspecified atom stereocenters. The number of anilines is 1. The molecule has 2 aliphatic heterocycles. The van der Waals surface area contributed by atoms with Gasteiger partial charge in [-0.15, -0.1) is 0 Å². The number of methoxy groups -OCH3 is 2. The monoisotopic (exact) mass is 428 g/mol. The molecule has 2 heterocycles. The van der Waals surface area contributed by atoms with Crippen LogP contribution in [-0.2, 0) is 11.2 Å². The fourth-order valence-electron chi connectivity index (χ4n) is 4.89. The van der Waals surface area contributed by atoms with E-state index in [1.807, 2.05) is 47.4 Å². The summed E-state index contributed by atoms with van der Waals surface area (Å²) in [6, 6.07) is 20.5. The lowest BCUT2D eigenvalue weighted by Crippen LogP contribution is -2.49. The number of hydrogen-bond acceptors (Lipinski definition) is 4. The largest absolute Gasteiger partial charge is 0.493 e. The van der Waals surface area contributed by atoms with Gasteiger partial charge in [-0.25, -0.2) is 0 Å². The Morgan fingerprint density at radius 1 is 0.938 bits per heavy atom. The number of fused-ring (bicyclic) bond motifs is 4. The van der Waals surface area contributed by atoms with Gasteiger partial charge in [0.05, 0.1) is 26.2 Å². The molecule has 0 aromatic heterocycles. The summed E-state index contributed by atoms with van der Waals surface area (Å²) in [5.74, 6) is 0.415. The molecule has 3 aromatic carbocycles. The highest BCUT2D eigenvalue weighted by Gasteiger charge is 2.46. The summed E-state index contributed by atoms with van der Waals surface area (Å²) in [5, 5.41) is 3.04. The first-order chi connectivity index (χ1) is 15.6. The van der Waals surface area contributed by atoms with Crippen LogP contribution in [0.15, 0.2) is 66.7 Å². The van der Waals surface area contributed by atoms with Crippen molar-refractivity contribution < 1.29 is 19.1 Å². The van der Waals surface area contributed by atoms with Gasteiger partial charge in [0.25, 0.3) is 5.91 Å². The van der Waals surface area contributed by atoms with Crippen LogP contribution in [0.1, 0.15) is 39.0 Å². The Kier molecular flexibility index (Phi) is 5.05. The van der Waals surface area contributed by atoms with Gasteiger partial charge < -0.3 is 19.7 Å². The van der Waals surface area contributed by atoms with Gasteiger partial charge in [-0.3, -0.25) is 9.59 Å². The Hall–Kier alpha value is -3.80. The first kappa shape index (κ1) is 20.1. The summed E-state index contributed by atoms with van der Waals surface area (Å²) in [4.78, 5) is 28.9. The van der Waals surface area contributed by atoms with E-state index < -0.39 is 5.92 Å². The van der Waals surface area contributed by atoms with Gasteiger partial charge in [-0.05, 0) is 41.3 Å². The van der Waals surface area contributed by atoms with E-state index in [1.54, 1.807) is 32.4 Å². The van der Waals surface area contributed by atoms with Crippen LogP contribution in [0.5, 0.6) is 11.5 Å². The van der Waals surface area contributed by atoms with Crippen molar-refractivity contribution in [2.45, 2.75) is 18.4 Å². The van der Waals surface area contributed by atoms with Crippen LogP contribution in [0, 0.1) is 0 Å². The Balaban J connectivity index is 1.58. The maximum absolute atomic E-state index is 13.7. The molecule has 0 bridgehead atoms. The second kappa shape index (κ2) is 8.04. The standard InChI is InChI=1S/C26H24N2O4/c1-31-21-12-11-17(15-22(21)32-2)27-25(29)23-19-9-5-6-10-20(19)26(30)28-14-13-16-7-3-4-8-18(16)24(23)28/h3-12,15,23-24H,13-14H2,1-2H3,(H,27,29)/t23-,24+/m1/s1. The highest BCUT2D eigenvalue weighted by Crippen LogP contribution is 2.46. The normalized spacial score (nSPS) is 18.8. The van der Waals surface area contributed by atoms with Gasteiger partial charge in [0, 0.05) is 23.9 Å². The van der Waals surface area contributed by atoms with Crippen molar-refractivity contribution in [3.63, 3.8) is 0 Å². The Morgan fingerprint density at radius 3 is 2.44 bits per heavy atom. The molecule has 0 aliphatic carbocycles. The fraction of sp³-hybridized carbons (Fsp3) is 0.231. The summed E-state index contributed by atoms with van der Waals surface area (Å²) in [5.41, 5.74) is 4.18. The van der Waals surface area contributed by atoms with Gasteiger partial charge in [0.15, 0.2) is 11.5 Å². The number of amides is 2. The van der Waals surface area contributed by atoms with Crippen LogP contribution in [0.4, 0.5) is 5.69 Å². The summed E-state index contributed by atoms with van der Waals surface area (Å²) < 4.78 is 10.7. The molecule has 1 N–H and O–H groups in total. The van der Waals surface area contributed by atoms with Crippen LogP contribution < -0.4 is 14.8 Å². The minimum absolute atomic E-state index is 0.0183. The molecule has 32 heavy (non-hydrogen) atoms. The van der Waals surface area contributed by atoms with Crippen molar-refractivity contribution >= 4 is 17.5 Å². The molecule has 2 aliphatic rings. The first-order valence-corrected chi connectivity index (χ1v) is 10.6. The van der Waals surface area contributed by atoms with Crippen molar-refractivity contribution in [1.82, 2.24) is 4.90 Å². The van der Waals surface area contributed by atoms with Crippen LogP contribution >= 0.6 is 0 Å². The number of carbonyl (C=O) groups is 2. The molecule has 6 heteroatoms. The summed E-state index contributed by atoms with van der Waals surface area (Å²) >= 11 is 0.